The third-order valence-electron chi connectivity index (χ3n) is 5.04. The van der Waals surface area contributed by atoms with E-state index in [9.17, 15) is 19.5 Å². The molecule has 0 spiro atoms. The number of rotatable bonds is 7. The predicted molar refractivity (Wildman–Crippen MR) is 113 cm³/mol. The number of aliphatic hydroxyl groups is 1. The van der Waals surface area contributed by atoms with Crippen LogP contribution in [0.2, 0.25) is 0 Å². The molecule has 2 amide bonds. The Labute approximate surface area is 174 Å². The summed E-state index contributed by atoms with van der Waals surface area (Å²) in [6.07, 6.45) is 4.74. The smallest absolute Gasteiger partial charge is 0.322 e. The van der Waals surface area contributed by atoms with Crippen LogP contribution < -0.4 is 16.0 Å². The lowest BCUT2D eigenvalue weighted by atomic mass is 9.95. The number of hydrogen-bond acceptors (Lipinski definition) is 5. The largest absolute Gasteiger partial charge is 0.494 e. The number of carbonyl (C=O) groups is 3. The average molecular weight is 411 g/mol. The fraction of sp³-hybridized carbons (Fsp3) is 0.318. The van der Waals surface area contributed by atoms with Crippen LogP contribution in [-0.2, 0) is 14.4 Å². The molecule has 0 unspecified atom stereocenters. The van der Waals surface area contributed by atoms with E-state index in [0.717, 1.165) is 42.9 Å². The highest BCUT2D eigenvalue weighted by Crippen LogP contribution is 2.21. The molecule has 0 radical (unpaired) electrons. The van der Waals surface area contributed by atoms with Crippen molar-refractivity contribution >= 4 is 34.2 Å². The number of aliphatic hydroxyl groups excluding tert-OH is 1. The van der Waals surface area contributed by atoms with Gasteiger partial charge in [0.25, 0.3) is 11.8 Å². The molecule has 30 heavy (non-hydrogen) atoms. The highest BCUT2D eigenvalue weighted by molar-refractivity contribution is 6.23. The molecule has 3 rings (SSSR count). The molecule has 0 heterocycles. The van der Waals surface area contributed by atoms with E-state index in [-0.39, 0.29) is 6.04 Å². The summed E-state index contributed by atoms with van der Waals surface area (Å²) in [5.41, 5.74) is -0.0947. The van der Waals surface area contributed by atoms with Crippen LogP contribution in [-0.4, -0.2) is 40.6 Å². The van der Waals surface area contributed by atoms with E-state index in [1.54, 1.807) is 12.1 Å². The van der Waals surface area contributed by atoms with Crippen LogP contribution in [0.3, 0.4) is 0 Å². The number of fused-ring (bicyclic) bond motifs is 1. The third-order valence-corrected chi connectivity index (χ3v) is 5.04. The highest BCUT2D eigenvalue weighted by Gasteiger charge is 2.26. The number of benzene rings is 2. The van der Waals surface area contributed by atoms with Crippen LogP contribution in [0.4, 0.5) is 5.69 Å². The summed E-state index contributed by atoms with van der Waals surface area (Å²) in [4.78, 5) is 36.1. The van der Waals surface area contributed by atoms with Crippen molar-refractivity contribution in [3.05, 3.63) is 53.9 Å². The summed E-state index contributed by atoms with van der Waals surface area (Å²) in [5, 5.41) is 28.8. The van der Waals surface area contributed by atoms with Crippen molar-refractivity contribution in [3.63, 3.8) is 0 Å². The van der Waals surface area contributed by atoms with E-state index in [1.165, 1.54) is 0 Å². The first-order chi connectivity index (χ1) is 14.4. The lowest BCUT2D eigenvalue weighted by Gasteiger charge is -2.24. The van der Waals surface area contributed by atoms with Gasteiger partial charge in [0.2, 0.25) is 5.88 Å². The van der Waals surface area contributed by atoms with Crippen molar-refractivity contribution in [1.29, 1.82) is 0 Å². The normalized spacial score (nSPS) is 15.2. The SMILES string of the molecule is O=C(O)CNC(=O)/C(C(=O)Nc1ccc2ccccc2c1)=C(\O)NC1CCCCC1. The van der Waals surface area contributed by atoms with Crippen molar-refractivity contribution in [3.8, 4) is 0 Å². The summed E-state index contributed by atoms with van der Waals surface area (Å²) < 4.78 is 0. The number of carboxylic acid groups (broad SMARTS) is 1. The number of carboxylic acids is 1. The number of amides is 2. The number of nitrogens with one attached hydrogen (secondary N) is 3. The van der Waals surface area contributed by atoms with Gasteiger partial charge in [0, 0.05) is 11.7 Å². The van der Waals surface area contributed by atoms with Gasteiger partial charge in [-0.15, -0.1) is 0 Å². The topological polar surface area (TPSA) is 128 Å². The molecule has 0 saturated heterocycles. The lowest BCUT2D eigenvalue weighted by molar-refractivity contribution is -0.137. The standard InChI is InChI=1S/C22H25N3O5/c26-18(27)13-23-20(28)19(21(29)24-16-8-2-1-3-9-16)22(30)25-17-11-10-14-6-4-5-7-15(14)12-17/h4-7,10-12,16,24,29H,1-3,8-9,13H2,(H,23,28)(H,25,30)(H,26,27)/b21-19+. The second-order valence-corrected chi connectivity index (χ2v) is 7.30. The molecule has 2 aromatic rings. The Hall–Kier alpha value is -3.55. The van der Waals surface area contributed by atoms with Crippen molar-refractivity contribution in [1.82, 2.24) is 10.6 Å². The maximum atomic E-state index is 12.8. The number of carbonyl (C=O) groups excluding carboxylic acids is 2. The molecule has 2 aromatic carbocycles. The molecular weight excluding hydrogens is 386 g/mol. The molecule has 8 heteroatoms. The summed E-state index contributed by atoms with van der Waals surface area (Å²) in [6, 6.07) is 12.8. The molecule has 8 nitrogen and oxygen atoms in total. The minimum atomic E-state index is -1.25. The second-order valence-electron chi connectivity index (χ2n) is 7.30. The molecule has 1 aliphatic carbocycles. The molecule has 0 aromatic heterocycles. The Morgan fingerprint density at radius 2 is 1.60 bits per heavy atom. The fourth-order valence-electron chi connectivity index (χ4n) is 3.54. The number of aliphatic carboxylic acids is 1. The van der Waals surface area contributed by atoms with Gasteiger partial charge in [0.1, 0.15) is 6.54 Å². The van der Waals surface area contributed by atoms with E-state index in [4.69, 9.17) is 5.11 Å². The fourth-order valence-corrected chi connectivity index (χ4v) is 3.54. The molecular formula is C22H25N3O5. The summed E-state index contributed by atoms with van der Waals surface area (Å²) >= 11 is 0. The van der Waals surface area contributed by atoms with Gasteiger partial charge in [-0.2, -0.15) is 0 Å². The molecule has 158 valence electrons. The molecule has 1 saturated carbocycles. The number of hydrogen-bond donors (Lipinski definition) is 5. The number of anilines is 1. The molecule has 1 aliphatic rings. The van der Waals surface area contributed by atoms with Gasteiger partial charge in [-0.05, 0) is 35.7 Å². The van der Waals surface area contributed by atoms with Crippen LogP contribution >= 0.6 is 0 Å². The molecule has 0 bridgehead atoms. The van der Waals surface area contributed by atoms with E-state index in [0.29, 0.717) is 5.69 Å². The van der Waals surface area contributed by atoms with Gasteiger partial charge in [-0.3, -0.25) is 14.4 Å². The van der Waals surface area contributed by atoms with Gasteiger partial charge in [0.05, 0.1) is 0 Å². The van der Waals surface area contributed by atoms with Gasteiger partial charge in [-0.1, -0.05) is 49.6 Å². The van der Waals surface area contributed by atoms with Crippen LogP contribution in [0.25, 0.3) is 10.8 Å². The first-order valence-electron chi connectivity index (χ1n) is 9.94. The maximum absolute atomic E-state index is 12.8. The van der Waals surface area contributed by atoms with Crippen LogP contribution in [0, 0.1) is 0 Å². The lowest BCUT2D eigenvalue weighted by Crippen LogP contribution is -2.39. The van der Waals surface area contributed by atoms with Crippen LogP contribution in [0.5, 0.6) is 0 Å². The predicted octanol–water partition coefficient (Wildman–Crippen LogP) is 2.67. The van der Waals surface area contributed by atoms with Crippen molar-refractivity contribution in [2.75, 3.05) is 11.9 Å². The van der Waals surface area contributed by atoms with Gasteiger partial charge in [-0.25, -0.2) is 0 Å². The Bertz CT molecular complexity index is 980. The summed E-state index contributed by atoms with van der Waals surface area (Å²) in [6.45, 7) is -0.664. The van der Waals surface area contributed by atoms with E-state index < -0.39 is 35.8 Å². The summed E-state index contributed by atoms with van der Waals surface area (Å²) in [5.74, 6) is -3.59. The summed E-state index contributed by atoms with van der Waals surface area (Å²) in [7, 11) is 0. The van der Waals surface area contributed by atoms with Crippen molar-refractivity contribution < 1.29 is 24.6 Å². The molecule has 0 atom stereocenters. The first kappa shape index (κ1) is 21.2. The zero-order valence-corrected chi connectivity index (χ0v) is 16.5. The van der Waals surface area contributed by atoms with Crippen molar-refractivity contribution in [2.45, 2.75) is 38.1 Å². The molecule has 5 N–H and O–H groups in total. The minimum Gasteiger partial charge on any atom is -0.494 e. The first-order valence-corrected chi connectivity index (χ1v) is 9.94. The van der Waals surface area contributed by atoms with Crippen molar-refractivity contribution in [2.24, 2.45) is 0 Å². The molecule has 0 aliphatic heterocycles. The quantitative estimate of drug-likeness (QED) is 0.206. The Balaban J connectivity index is 1.82. The van der Waals surface area contributed by atoms with E-state index >= 15 is 0 Å². The average Bonchev–Trinajstić information content (AvgIpc) is 2.73. The maximum Gasteiger partial charge on any atom is 0.322 e. The second kappa shape index (κ2) is 9.78. The highest BCUT2D eigenvalue weighted by atomic mass is 16.4. The minimum absolute atomic E-state index is 0.0468. The third kappa shape index (κ3) is 5.50. The van der Waals surface area contributed by atoms with Crippen LogP contribution in [0.1, 0.15) is 32.1 Å². The van der Waals surface area contributed by atoms with E-state index in [2.05, 4.69) is 16.0 Å². The monoisotopic (exact) mass is 411 g/mol. The Morgan fingerprint density at radius 1 is 0.900 bits per heavy atom. The Kier molecular flexibility index (Phi) is 6.90. The van der Waals surface area contributed by atoms with Gasteiger partial charge < -0.3 is 26.2 Å². The Morgan fingerprint density at radius 3 is 2.30 bits per heavy atom. The zero-order chi connectivity index (χ0) is 21.5. The van der Waals surface area contributed by atoms with Crippen LogP contribution in [0.15, 0.2) is 53.9 Å². The molecule has 1 fully saturated rings. The van der Waals surface area contributed by atoms with Gasteiger partial charge in [0.15, 0.2) is 5.57 Å². The van der Waals surface area contributed by atoms with Gasteiger partial charge >= 0.3 is 5.97 Å². The van der Waals surface area contributed by atoms with E-state index in [1.807, 2.05) is 30.3 Å². The zero-order valence-electron chi connectivity index (χ0n) is 16.5.